The van der Waals surface area contributed by atoms with Gasteiger partial charge in [0.25, 0.3) is 0 Å². The molecule has 0 saturated heterocycles. The average Bonchev–Trinajstić information content (AvgIpc) is 3.17. The van der Waals surface area contributed by atoms with Crippen molar-refractivity contribution in [3.8, 4) is 11.5 Å². The third-order valence-electron chi connectivity index (χ3n) is 7.51. The Morgan fingerprint density at radius 3 is 2.49 bits per heavy atom. The molecule has 6 atom stereocenters. The fraction of sp³-hybridized carbons (Fsp3) is 0.645. The second-order valence-electron chi connectivity index (χ2n) is 10.8. The molecule has 1 fully saturated rings. The summed E-state index contributed by atoms with van der Waals surface area (Å²) < 4.78 is 0. The van der Waals surface area contributed by atoms with Gasteiger partial charge in [0.2, 0.25) is 5.91 Å². The summed E-state index contributed by atoms with van der Waals surface area (Å²) in [6, 6.07) is 4.35. The van der Waals surface area contributed by atoms with Crippen molar-refractivity contribution in [3.05, 3.63) is 48.1 Å². The highest BCUT2D eigenvalue weighted by molar-refractivity contribution is 5.76. The van der Waals surface area contributed by atoms with Crippen LogP contribution in [0.15, 0.2) is 42.5 Å². The number of carbonyl (C=O) groups excluding carboxylic acids is 1. The number of amides is 1. The number of aliphatic hydroxyl groups is 4. The van der Waals surface area contributed by atoms with E-state index in [1.54, 1.807) is 12.1 Å². The van der Waals surface area contributed by atoms with Gasteiger partial charge in [0.05, 0.1) is 18.3 Å². The van der Waals surface area contributed by atoms with Gasteiger partial charge in [-0.15, -0.1) is 0 Å². The Bertz CT molecular complexity index is 918. The van der Waals surface area contributed by atoms with Gasteiger partial charge in [-0.3, -0.25) is 4.79 Å². The van der Waals surface area contributed by atoms with Crippen LogP contribution >= 0.6 is 0 Å². The Morgan fingerprint density at radius 1 is 1.03 bits per heavy atom. The predicted molar refractivity (Wildman–Crippen MR) is 152 cm³/mol. The van der Waals surface area contributed by atoms with Crippen LogP contribution in [0, 0.1) is 11.8 Å². The first-order chi connectivity index (χ1) is 18.7. The monoisotopic (exact) mass is 547 g/mol. The van der Waals surface area contributed by atoms with E-state index in [9.17, 15) is 35.4 Å². The standard InChI is InChI=1S/C31H49NO7/c1-3-5-8-11-23(33)15-16-25-24(27(35)21-28(25)36)12-9-6-7-10-13-30(38)32(18-4-2)31(39)20-22-14-17-26(34)29(37)19-22/h6,9,14-17,19,23-25,27-28,31,33-37,39H,3-5,7-8,10-13,18,20-21H2,1-2H3/b9-6-,16-15+/t23-,24+,25+,27-,28+,31?/m0/s1. The summed E-state index contributed by atoms with van der Waals surface area (Å²) in [5.74, 6) is -0.956. The van der Waals surface area contributed by atoms with Crippen molar-refractivity contribution in [2.75, 3.05) is 6.54 Å². The fourth-order valence-corrected chi connectivity index (χ4v) is 5.25. The van der Waals surface area contributed by atoms with Crippen molar-refractivity contribution in [2.24, 2.45) is 11.8 Å². The highest BCUT2D eigenvalue weighted by Gasteiger charge is 2.39. The third kappa shape index (κ3) is 11.0. The summed E-state index contributed by atoms with van der Waals surface area (Å²) in [4.78, 5) is 14.3. The fourth-order valence-electron chi connectivity index (χ4n) is 5.25. The molecule has 0 aromatic heterocycles. The van der Waals surface area contributed by atoms with Crippen molar-refractivity contribution < 1.29 is 35.4 Å². The number of hydrogen-bond donors (Lipinski definition) is 6. The van der Waals surface area contributed by atoms with E-state index in [-0.39, 0.29) is 42.1 Å². The van der Waals surface area contributed by atoms with Crippen LogP contribution in [0.5, 0.6) is 11.5 Å². The summed E-state index contributed by atoms with van der Waals surface area (Å²) in [6.07, 6.45) is 12.0. The molecule has 0 heterocycles. The third-order valence-corrected chi connectivity index (χ3v) is 7.51. The van der Waals surface area contributed by atoms with Crippen molar-refractivity contribution >= 4 is 5.91 Å². The van der Waals surface area contributed by atoms with E-state index in [1.807, 2.05) is 25.2 Å². The van der Waals surface area contributed by atoms with Gasteiger partial charge in [-0.25, -0.2) is 0 Å². The van der Waals surface area contributed by atoms with E-state index < -0.39 is 24.5 Å². The van der Waals surface area contributed by atoms with E-state index in [4.69, 9.17) is 0 Å². The maximum atomic E-state index is 12.8. The van der Waals surface area contributed by atoms with Crippen LogP contribution in [0.25, 0.3) is 0 Å². The number of phenolic OH excluding ortho intramolecular Hbond substituents is 2. The van der Waals surface area contributed by atoms with Gasteiger partial charge >= 0.3 is 0 Å². The molecule has 0 radical (unpaired) electrons. The van der Waals surface area contributed by atoms with Crippen LogP contribution in [-0.4, -0.2) is 72.5 Å². The van der Waals surface area contributed by atoms with Crippen LogP contribution in [0.2, 0.25) is 0 Å². The minimum atomic E-state index is -1.03. The zero-order valence-electron chi connectivity index (χ0n) is 23.5. The maximum Gasteiger partial charge on any atom is 0.224 e. The number of phenols is 2. The number of hydrogen-bond acceptors (Lipinski definition) is 7. The molecule has 0 spiro atoms. The topological polar surface area (TPSA) is 142 Å². The van der Waals surface area contributed by atoms with Gasteiger partial charge in [0.1, 0.15) is 6.23 Å². The summed E-state index contributed by atoms with van der Waals surface area (Å²) >= 11 is 0. The molecule has 6 N–H and O–H groups in total. The number of aliphatic hydroxyl groups excluding tert-OH is 4. The smallest absolute Gasteiger partial charge is 0.224 e. The number of aromatic hydroxyl groups is 2. The predicted octanol–water partition coefficient (Wildman–Crippen LogP) is 4.17. The lowest BCUT2D eigenvalue weighted by Crippen LogP contribution is -2.42. The lowest BCUT2D eigenvalue weighted by atomic mass is 9.89. The molecule has 39 heavy (non-hydrogen) atoms. The van der Waals surface area contributed by atoms with E-state index >= 15 is 0 Å². The average molecular weight is 548 g/mol. The minimum absolute atomic E-state index is 0.119. The zero-order valence-corrected chi connectivity index (χ0v) is 23.5. The molecule has 8 heteroatoms. The Labute approximate surface area is 233 Å². The summed E-state index contributed by atoms with van der Waals surface area (Å²) in [6.45, 7) is 4.48. The normalized spacial score (nSPS) is 23.0. The van der Waals surface area contributed by atoms with E-state index in [2.05, 4.69) is 6.92 Å². The Kier molecular flexibility index (Phi) is 14.6. The molecule has 1 aromatic carbocycles. The van der Waals surface area contributed by atoms with Gasteiger partial charge in [-0.2, -0.15) is 0 Å². The van der Waals surface area contributed by atoms with Crippen LogP contribution in [0.1, 0.15) is 83.6 Å². The maximum absolute atomic E-state index is 12.8. The molecule has 0 bridgehead atoms. The Hall–Kier alpha value is -2.39. The highest BCUT2D eigenvalue weighted by atomic mass is 16.3. The quantitative estimate of drug-likeness (QED) is 0.0744. The number of carbonyl (C=O) groups is 1. The number of nitrogens with zero attached hydrogens (tertiary/aromatic N) is 1. The van der Waals surface area contributed by atoms with Gasteiger partial charge in [-0.1, -0.05) is 63.5 Å². The molecule has 1 aromatic rings. The molecule has 1 amide bonds. The largest absolute Gasteiger partial charge is 0.504 e. The molecular weight excluding hydrogens is 498 g/mol. The highest BCUT2D eigenvalue weighted by Crippen LogP contribution is 2.36. The number of benzene rings is 1. The first-order valence-corrected chi connectivity index (χ1v) is 14.5. The van der Waals surface area contributed by atoms with Crippen LogP contribution in [0.4, 0.5) is 0 Å². The van der Waals surface area contributed by atoms with Crippen LogP contribution in [-0.2, 0) is 11.2 Å². The zero-order chi connectivity index (χ0) is 28.8. The molecule has 1 unspecified atom stereocenters. The van der Waals surface area contributed by atoms with Crippen LogP contribution in [0.3, 0.4) is 0 Å². The lowest BCUT2D eigenvalue weighted by molar-refractivity contribution is -0.141. The van der Waals surface area contributed by atoms with Crippen molar-refractivity contribution in [1.29, 1.82) is 0 Å². The van der Waals surface area contributed by atoms with Gasteiger partial charge < -0.3 is 35.5 Å². The molecule has 1 aliphatic rings. The second-order valence-corrected chi connectivity index (χ2v) is 10.8. The van der Waals surface area contributed by atoms with Crippen LogP contribution < -0.4 is 0 Å². The molecule has 1 aliphatic carbocycles. The molecule has 220 valence electrons. The van der Waals surface area contributed by atoms with Gasteiger partial charge in [-0.05, 0) is 55.7 Å². The van der Waals surface area contributed by atoms with Crippen molar-refractivity contribution in [1.82, 2.24) is 4.90 Å². The molecule has 2 rings (SSSR count). The van der Waals surface area contributed by atoms with Crippen molar-refractivity contribution in [2.45, 2.75) is 109 Å². The van der Waals surface area contributed by atoms with Crippen molar-refractivity contribution in [3.63, 3.8) is 0 Å². The summed E-state index contributed by atoms with van der Waals surface area (Å²) in [5, 5.41) is 60.9. The molecule has 8 nitrogen and oxygen atoms in total. The second kappa shape index (κ2) is 17.3. The molecular formula is C31H49NO7. The first kappa shape index (κ1) is 32.8. The first-order valence-electron chi connectivity index (χ1n) is 14.5. The van der Waals surface area contributed by atoms with E-state index in [1.165, 1.54) is 17.0 Å². The lowest BCUT2D eigenvalue weighted by Gasteiger charge is -2.28. The summed E-state index contributed by atoms with van der Waals surface area (Å²) in [7, 11) is 0. The summed E-state index contributed by atoms with van der Waals surface area (Å²) in [5.41, 5.74) is 0.619. The van der Waals surface area contributed by atoms with Gasteiger partial charge in [0, 0.05) is 31.7 Å². The molecule has 1 saturated carbocycles. The van der Waals surface area contributed by atoms with Gasteiger partial charge in [0.15, 0.2) is 11.5 Å². The Balaban J connectivity index is 1.81. The SMILES string of the molecule is CCCCC[C@H](O)/C=C/[C@@H]1[C@@H](C/C=C\CCCC(=O)N(CCC)C(O)Cc2ccc(O)c(O)c2)[C@@H](O)C[C@H]1O. The minimum Gasteiger partial charge on any atom is -0.504 e. The number of rotatable bonds is 17. The number of allylic oxidation sites excluding steroid dienone is 2. The number of unbranched alkanes of at least 4 members (excludes halogenated alkanes) is 3. The molecule has 0 aliphatic heterocycles. The Morgan fingerprint density at radius 2 is 1.79 bits per heavy atom. The van der Waals surface area contributed by atoms with E-state index in [0.29, 0.717) is 50.6 Å². The van der Waals surface area contributed by atoms with E-state index in [0.717, 1.165) is 19.3 Å².